The number of fused-ring (bicyclic) bond motifs is 8. The van der Waals surface area contributed by atoms with Gasteiger partial charge in [-0.25, -0.2) is 0 Å². The van der Waals surface area contributed by atoms with Crippen molar-refractivity contribution in [2.24, 2.45) is 0 Å². The van der Waals surface area contributed by atoms with Crippen molar-refractivity contribution in [3.63, 3.8) is 0 Å². The molecule has 1 aliphatic rings. The molecule has 8 aromatic carbocycles. The first-order chi connectivity index (χ1) is 19.3. The van der Waals surface area contributed by atoms with E-state index in [4.69, 9.17) is 4.74 Å². The Hall–Kier alpha value is -5.14. The highest BCUT2D eigenvalue weighted by Gasteiger charge is 2.25. The fourth-order valence-corrected chi connectivity index (χ4v) is 6.58. The Morgan fingerprint density at radius 3 is 1.79 bits per heavy atom. The lowest BCUT2D eigenvalue weighted by Crippen LogP contribution is -2.00. The van der Waals surface area contributed by atoms with Gasteiger partial charge in [0.15, 0.2) is 0 Å². The molecule has 39 heavy (non-hydrogen) atoms. The Labute approximate surface area is 225 Å². The first-order valence-electron chi connectivity index (χ1n) is 13.4. The van der Waals surface area contributed by atoms with E-state index in [1.807, 2.05) is 0 Å². The molecule has 0 bridgehead atoms. The summed E-state index contributed by atoms with van der Waals surface area (Å²) < 4.78 is 6.98. The van der Waals surface area contributed by atoms with E-state index in [2.05, 4.69) is 133 Å². The molecule has 0 radical (unpaired) electrons. The maximum absolute atomic E-state index is 6.98. The Bertz CT molecular complexity index is 2310. The van der Waals surface area contributed by atoms with E-state index in [-0.39, 0.29) is 0 Å². The smallest absolute Gasteiger partial charge is 0.143 e. The van der Waals surface area contributed by atoms with Crippen LogP contribution in [-0.4, -0.2) is 0 Å². The molecule has 0 spiro atoms. The molecule has 180 valence electrons. The average molecular weight is 495 g/mol. The van der Waals surface area contributed by atoms with Gasteiger partial charge in [0.1, 0.15) is 11.5 Å². The maximum atomic E-state index is 6.98. The minimum Gasteiger partial charge on any atom is -0.455 e. The lowest BCUT2D eigenvalue weighted by Gasteiger charge is -2.25. The van der Waals surface area contributed by atoms with Crippen LogP contribution >= 0.6 is 0 Å². The summed E-state index contributed by atoms with van der Waals surface area (Å²) >= 11 is 0. The lowest BCUT2D eigenvalue weighted by atomic mass is 9.87. The zero-order chi connectivity index (χ0) is 25.5. The number of hydrogen-bond donors (Lipinski definition) is 0. The van der Waals surface area contributed by atoms with Crippen LogP contribution in [0.3, 0.4) is 0 Å². The second-order valence-electron chi connectivity index (χ2n) is 10.5. The van der Waals surface area contributed by atoms with Crippen molar-refractivity contribution < 1.29 is 4.74 Å². The molecule has 1 heterocycles. The first-order valence-corrected chi connectivity index (χ1v) is 13.4. The average Bonchev–Trinajstić information content (AvgIpc) is 3.00. The van der Waals surface area contributed by atoms with E-state index in [0.717, 1.165) is 28.0 Å². The zero-order valence-electron chi connectivity index (χ0n) is 21.1. The highest BCUT2D eigenvalue weighted by Crippen LogP contribution is 2.53. The lowest BCUT2D eigenvalue weighted by molar-refractivity contribution is 0.494. The van der Waals surface area contributed by atoms with Crippen LogP contribution in [0.4, 0.5) is 0 Å². The zero-order valence-corrected chi connectivity index (χ0v) is 21.1. The van der Waals surface area contributed by atoms with Gasteiger partial charge in [-0.2, -0.15) is 0 Å². The minimum absolute atomic E-state index is 0.941. The van der Waals surface area contributed by atoms with Crippen molar-refractivity contribution in [1.29, 1.82) is 0 Å². The molecule has 8 aromatic rings. The van der Waals surface area contributed by atoms with Gasteiger partial charge in [-0.05, 0) is 84.5 Å². The Kier molecular flexibility index (Phi) is 4.11. The molecule has 0 N–H and O–H groups in total. The van der Waals surface area contributed by atoms with Gasteiger partial charge >= 0.3 is 0 Å². The van der Waals surface area contributed by atoms with E-state index >= 15 is 0 Å². The number of benzene rings is 8. The Morgan fingerprint density at radius 2 is 0.949 bits per heavy atom. The van der Waals surface area contributed by atoms with Crippen LogP contribution in [0.1, 0.15) is 0 Å². The standard InChI is InChI=1S/C38H22O/c1-2-10-26-21-34-27(20-25(26)9-1)22-35(30-14-6-5-13-29(30)34)33-19-17-24-11-7-15-31-32-18-16-23-8-3-4-12-28(23)37(32)39-38(33)36(24)31/h1-22H. The summed E-state index contributed by atoms with van der Waals surface area (Å²) in [5.41, 5.74) is 4.70. The van der Waals surface area contributed by atoms with Crippen molar-refractivity contribution >= 4 is 53.9 Å². The predicted octanol–water partition coefficient (Wildman–Crippen LogP) is 10.9. The van der Waals surface area contributed by atoms with Gasteiger partial charge in [0.2, 0.25) is 0 Å². The summed E-state index contributed by atoms with van der Waals surface area (Å²) in [5, 5.41) is 12.2. The highest BCUT2D eigenvalue weighted by atomic mass is 16.5. The van der Waals surface area contributed by atoms with Crippen molar-refractivity contribution in [3.8, 4) is 33.8 Å². The van der Waals surface area contributed by atoms with E-state index in [0.29, 0.717) is 0 Å². The molecule has 9 rings (SSSR count). The third-order valence-electron chi connectivity index (χ3n) is 8.39. The van der Waals surface area contributed by atoms with Crippen LogP contribution in [0.5, 0.6) is 11.5 Å². The van der Waals surface area contributed by atoms with E-state index in [1.54, 1.807) is 0 Å². The minimum atomic E-state index is 0.941. The van der Waals surface area contributed by atoms with Gasteiger partial charge in [0.05, 0.1) is 0 Å². The number of ether oxygens (including phenoxy) is 1. The fraction of sp³-hybridized carbons (Fsp3) is 0. The van der Waals surface area contributed by atoms with Gasteiger partial charge in [-0.1, -0.05) is 103 Å². The summed E-state index contributed by atoms with van der Waals surface area (Å²) in [6.45, 7) is 0. The summed E-state index contributed by atoms with van der Waals surface area (Å²) in [7, 11) is 0. The molecular weight excluding hydrogens is 472 g/mol. The summed E-state index contributed by atoms with van der Waals surface area (Å²) in [6, 6.07) is 48.4. The third kappa shape index (κ3) is 2.90. The van der Waals surface area contributed by atoms with Crippen LogP contribution < -0.4 is 4.74 Å². The Morgan fingerprint density at radius 1 is 0.308 bits per heavy atom. The highest BCUT2D eigenvalue weighted by molar-refractivity contribution is 6.19. The molecule has 1 heteroatoms. The van der Waals surface area contributed by atoms with Crippen molar-refractivity contribution in [2.45, 2.75) is 0 Å². The molecular formula is C38H22O. The van der Waals surface area contributed by atoms with Gasteiger partial charge in [-0.3, -0.25) is 0 Å². The van der Waals surface area contributed by atoms with Crippen molar-refractivity contribution in [2.75, 3.05) is 0 Å². The van der Waals surface area contributed by atoms with Crippen LogP contribution in [0.2, 0.25) is 0 Å². The number of hydrogen-bond acceptors (Lipinski definition) is 1. The van der Waals surface area contributed by atoms with Crippen LogP contribution in [0, 0.1) is 0 Å². The molecule has 0 amide bonds. The van der Waals surface area contributed by atoms with Crippen LogP contribution in [-0.2, 0) is 0 Å². The Balaban J connectivity index is 1.41. The topological polar surface area (TPSA) is 9.23 Å². The van der Waals surface area contributed by atoms with Crippen molar-refractivity contribution in [3.05, 3.63) is 133 Å². The third-order valence-corrected chi connectivity index (χ3v) is 8.39. The second-order valence-corrected chi connectivity index (χ2v) is 10.5. The molecule has 0 aliphatic carbocycles. The van der Waals surface area contributed by atoms with Gasteiger partial charge in [-0.15, -0.1) is 0 Å². The molecule has 0 atom stereocenters. The maximum Gasteiger partial charge on any atom is 0.143 e. The first kappa shape index (κ1) is 20.9. The molecule has 1 aliphatic heterocycles. The van der Waals surface area contributed by atoms with Crippen LogP contribution in [0.25, 0.3) is 76.1 Å². The molecule has 0 unspecified atom stereocenters. The summed E-state index contributed by atoms with van der Waals surface area (Å²) in [4.78, 5) is 0. The normalized spacial score (nSPS) is 12.3. The monoisotopic (exact) mass is 494 g/mol. The van der Waals surface area contributed by atoms with Gasteiger partial charge < -0.3 is 4.74 Å². The van der Waals surface area contributed by atoms with E-state index in [9.17, 15) is 0 Å². The summed E-state index contributed by atoms with van der Waals surface area (Å²) in [5.74, 6) is 1.88. The molecule has 0 aromatic heterocycles. The predicted molar refractivity (Wildman–Crippen MR) is 165 cm³/mol. The van der Waals surface area contributed by atoms with E-state index in [1.165, 1.54) is 59.6 Å². The SMILES string of the molecule is c1ccc2cc3c(cc(-c4ccc5cccc6c5c4Oc4c-6ccc5ccccc45)c4ccccc43)cc2c1. The fourth-order valence-electron chi connectivity index (χ4n) is 6.58. The molecule has 0 fully saturated rings. The largest absolute Gasteiger partial charge is 0.455 e. The second kappa shape index (κ2) is 7.69. The molecule has 0 saturated carbocycles. The van der Waals surface area contributed by atoms with Crippen molar-refractivity contribution in [1.82, 2.24) is 0 Å². The number of rotatable bonds is 1. The summed E-state index contributed by atoms with van der Waals surface area (Å²) in [6.07, 6.45) is 0. The quantitative estimate of drug-likeness (QED) is 0.163. The van der Waals surface area contributed by atoms with Crippen LogP contribution in [0.15, 0.2) is 133 Å². The molecule has 0 saturated heterocycles. The van der Waals surface area contributed by atoms with E-state index < -0.39 is 0 Å². The van der Waals surface area contributed by atoms with Gasteiger partial charge in [0, 0.05) is 21.9 Å². The molecule has 1 nitrogen and oxygen atoms in total. The van der Waals surface area contributed by atoms with Gasteiger partial charge in [0.25, 0.3) is 0 Å².